The van der Waals surface area contributed by atoms with Crippen LogP contribution in [0.15, 0.2) is 18.2 Å². The van der Waals surface area contributed by atoms with Crippen LogP contribution in [-0.2, 0) is 4.79 Å². The fraction of sp³-hybridized carbons (Fsp3) is 0.333. The molecular formula is C12H14ClN3O. The molecule has 1 aromatic carbocycles. The van der Waals surface area contributed by atoms with Gasteiger partial charge < -0.3 is 11.1 Å². The summed E-state index contributed by atoms with van der Waals surface area (Å²) in [7, 11) is 0. The molecule has 0 bridgehead atoms. The second-order valence-electron chi connectivity index (χ2n) is 4.07. The zero-order valence-electron chi connectivity index (χ0n) is 9.70. The van der Waals surface area contributed by atoms with Crippen LogP contribution in [0.25, 0.3) is 0 Å². The Kier molecular flexibility index (Phi) is 4.50. The molecule has 0 radical (unpaired) electrons. The maximum absolute atomic E-state index is 11.7. The summed E-state index contributed by atoms with van der Waals surface area (Å²) in [5, 5.41) is 11.8. The number of benzene rings is 1. The van der Waals surface area contributed by atoms with Crippen molar-refractivity contribution in [2.24, 2.45) is 11.7 Å². The minimum absolute atomic E-state index is 0.0351. The first-order valence-corrected chi connectivity index (χ1v) is 5.59. The van der Waals surface area contributed by atoms with Gasteiger partial charge in [-0.3, -0.25) is 4.79 Å². The fourth-order valence-corrected chi connectivity index (χ4v) is 1.37. The van der Waals surface area contributed by atoms with Crippen LogP contribution in [0.2, 0.25) is 5.02 Å². The molecule has 4 nitrogen and oxygen atoms in total. The van der Waals surface area contributed by atoms with Crippen molar-refractivity contribution in [1.82, 2.24) is 0 Å². The van der Waals surface area contributed by atoms with Crippen LogP contribution in [0, 0.1) is 17.2 Å². The molecule has 90 valence electrons. The third kappa shape index (κ3) is 3.45. The summed E-state index contributed by atoms with van der Waals surface area (Å²) in [5.41, 5.74) is 6.55. The first-order valence-electron chi connectivity index (χ1n) is 5.21. The van der Waals surface area contributed by atoms with E-state index in [0.717, 1.165) is 0 Å². The number of hydrogen-bond acceptors (Lipinski definition) is 3. The van der Waals surface area contributed by atoms with Gasteiger partial charge >= 0.3 is 0 Å². The van der Waals surface area contributed by atoms with Gasteiger partial charge in [-0.15, -0.1) is 0 Å². The summed E-state index contributed by atoms with van der Waals surface area (Å²) < 4.78 is 0. The second kappa shape index (κ2) is 5.67. The van der Waals surface area contributed by atoms with Crippen LogP contribution in [0.1, 0.15) is 19.4 Å². The second-order valence-corrected chi connectivity index (χ2v) is 4.47. The molecule has 0 fully saturated rings. The summed E-state index contributed by atoms with van der Waals surface area (Å²) in [5.74, 6) is -0.273. The Bertz CT molecular complexity index is 465. The van der Waals surface area contributed by atoms with E-state index in [9.17, 15) is 4.79 Å². The molecule has 3 N–H and O–H groups in total. The van der Waals surface area contributed by atoms with Gasteiger partial charge in [-0.2, -0.15) is 5.26 Å². The maximum atomic E-state index is 11.7. The number of amides is 1. The summed E-state index contributed by atoms with van der Waals surface area (Å²) in [4.78, 5) is 11.7. The highest BCUT2D eigenvalue weighted by Gasteiger charge is 2.18. The fourth-order valence-electron chi connectivity index (χ4n) is 1.21. The van der Waals surface area contributed by atoms with Crippen molar-refractivity contribution in [3.8, 4) is 6.07 Å². The van der Waals surface area contributed by atoms with Gasteiger partial charge in [0.2, 0.25) is 5.91 Å². The number of carbonyl (C=O) groups excluding carboxylic acids is 1. The van der Waals surface area contributed by atoms with E-state index in [1.165, 1.54) is 6.07 Å². The average Bonchev–Trinajstić information content (AvgIpc) is 2.30. The van der Waals surface area contributed by atoms with E-state index in [4.69, 9.17) is 22.6 Å². The molecule has 1 atom stereocenters. The van der Waals surface area contributed by atoms with Crippen molar-refractivity contribution in [2.75, 3.05) is 5.32 Å². The smallest absolute Gasteiger partial charge is 0.241 e. The number of hydrogen-bond donors (Lipinski definition) is 2. The van der Waals surface area contributed by atoms with E-state index in [0.29, 0.717) is 16.3 Å². The number of nitriles is 1. The van der Waals surface area contributed by atoms with Gasteiger partial charge in [0.1, 0.15) is 0 Å². The quantitative estimate of drug-likeness (QED) is 0.864. The molecule has 0 spiro atoms. The molecule has 1 amide bonds. The molecular weight excluding hydrogens is 238 g/mol. The van der Waals surface area contributed by atoms with Crippen molar-refractivity contribution < 1.29 is 4.79 Å². The van der Waals surface area contributed by atoms with Crippen molar-refractivity contribution in [3.63, 3.8) is 0 Å². The van der Waals surface area contributed by atoms with Crippen LogP contribution in [0.4, 0.5) is 5.69 Å². The van der Waals surface area contributed by atoms with Crippen molar-refractivity contribution in [3.05, 3.63) is 28.8 Å². The Balaban J connectivity index is 2.88. The molecule has 0 saturated carbocycles. The van der Waals surface area contributed by atoms with Crippen LogP contribution >= 0.6 is 11.6 Å². The first kappa shape index (κ1) is 13.5. The number of halogens is 1. The predicted octanol–water partition coefficient (Wildman–Crippen LogP) is 2.13. The Morgan fingerprint density at radius 1 is 1.53 bits per heavy atom. The van der Waals surface area contributed by atoms with Crippen LogP contribution in [-0.4, -0.2) is 11.9 Å². The lowest BCUT2D eigenvalue weighted by Crippen LogP contribution is -2.39. The first-order chi connectivity index (χ1) is 7.95. The van der Waals surface area contributed by atoms with Gasteiger partial charge in [0.25, 0.3) is 0 Å². The van der Waals surface area contributed by atoms with E-state index in [1.54, 1.807) is 12.1 Å². The Morgan fingerprint density at radius 3 is 2.71 bits per heavy atom. The molecule has 0 unspecified atom stereocenters. The van der Waals surface area contributed by atoms with Crippen LogP contribution in [0.3, 0.4) is 0 Å². The lowest BCUT2D eigenvalue weighted by Gasteiger charge is -2.16. The number of anilines is 1. The van der Waals surface area contributed by atoms with E-state index >= 15 is 0 Å². The normalized spacial score (nSPS) is 12.0. The summed E-state index contributed by atoms with van der Waals surface area (Å²) >= 11 is 5.92. The van der Waals surface area contributed by atoms with Gasteiger partial charge in [0.15, 0.2) is 0 Å². The number of rotatable bonds is 3. The Labute approximate surface area is 105 Å². The number of nitrogens with two attached hydrogens (primary N) is 1. The van der Waals surface area contributed by atoms with Crippen molar-refractivity contribution in [2.45, 2.75) is 19.9 Å². The predicted molar refractivity (Wildman–Crippen MR) is 67.6 cm³/mol. The third-order valence-corrected chi connectivity index (χ3v) is 2.70. The zero-order chi connectivity index (χ0) is 13.0. The topological polar surface area (TPSA) is 78.9 Å². The van der Waals surface area contributed by atoms with Gasteiger partial charge in [-0.25, -0.2) is 0 Å². The Hall–Kier alpha value is -1.57. The van der Waals surface area contributed by atoms with E-state index in [1.807, 2.05) is 19.9 Å². The number of nitrogens with zero attached hydrogens (tertiary/aromatic N) is 1. The summed E-state index contributed by atoms with van der Waals surface area (Å²) in [6.45, 7) is 3.72. The highest BCUT2D eigenvalue weighted by Crippen LogP contribution is 2.23. The van der Waals surface area contributed by atoms with E-state index < -0.39 is 6.04 Å². The lowest BCUT2D eigenvalue weighted by atomic mass is 10.0. The molecule has 0 saturated heterocycles. The van der Waals surface area contributed by atoms with E-state index in [2.05, 4.69) is 5.32 Å². The average molecular weight is 252 g/mol. The number of carbonyl (C=O) groups is 1. The molecule has 0 aliphatic heterocycles. The largest absolute Gasteiger partial charge is 0.323 e. The van der Waals surface area contributed by atoms with Gasteiger partial charge in [-0.1, -0.05) is 25.4 Å². The standard InChI is InChI=1S/C12H14ClN3O/c1-7(2)11(15)12(17)16-10-5-8(6-14)3-4-9(10)13/h3-5,7,11H,15H2,1-2H3,(H,16,17)/t11-/m1/s1. The molecule has 5 heteroatoms. The minimum atomic E-state index is -0.600. The van der Waals surface area contributed by atoms with E-state index in [-0.39, 0.29) is 11.8 Å². The maximum Gasteiger partial charge on any atom is 0.241 e. The SMILES string of the molecule is CC(C)[C@@H](N)C(=O)Nc1cc(C#N)ccc1Cl. The minimum Gasteiger partial charge on any atom is -0.323 e. The number of nitrogens with one attached hydrogen (secondary N) is 1. The van der Waals surface area contributed by atoms with Crippen molar-refractivity contribution in [1.29, 1.82) is 5.26 Å². The highest BCUT2D eigenvalue weighted by molar-refractivity contribution is 6.33. The van der Waals surface area contributed by atoms with Crippen LogP contribution in [0.5, 0.6) is 0 Å². The summed E-state index contributed by atoms with van der Waals surface area (Å²) in [6, 6.07) is 6.05. The molecule has 17 heavy (non-hydrogen) atoms. The molecule has 1 rings (SSSR count). The molecule has 0 aliphatic rings. The van der Waals surface area contributed by atoms with Gasteiger partial charge in [0, 0.05) is 0 Å². The monoisotopic (exact) mass is 251 g/mol. The van der Waals surface area contributed by atoms with Gasteiger partial charge in [0.05, 0.1) is 28.4 Å². The Morgan fingerprint density at radius 2 is 2.18 bits per heavy atom. The van der Waals surface area contributed by atoms with Crippen molar-refractivity contribution >= 4 is 23.2 Å². The highest BCUT2D eigenvalue weighted by atomic mass is 35.5. The van der Waals surface area contributed by atoms with Crippen LogP contribution < -0.4 is 11.1 Å². The molecule has 0 aliphatic carbocycles. The molecule has 0 aromatic heterocycles. The zero-order valence-corrected chi connectivity index (χ0v) is 10.5. The third-order valence-electron chi connectivity index (χ3n) is 2.37. The summed E-state index contributed by atoms with van der Waals surface area (Å²) in [6.07, 6.45) is 0. The lowest BCUT2D eigenvalue weighted by molar-refractivity contribution is -0.118. The molecule has 1 aromatic rings. The molecule has 0 heterocycles. The van der Waals surface area contributed by atoms with Gasteiger partial charge in [-0.05, 0) is 24.1 Å².